The van der Waals surface area contributed by atoms with E-state index in [1.54, 1.807) is 0 Å². The van der Waals surface area contributed by atoms with Crippen molar-refractivity contribution in [1.82, 2.24) is 4.57 Å². The van der Waals surface area contributed by atoms with Crippen LogP contribution in [0.3, 0.4) is 0 Å². The first-order chi connectivity index (χ1) is 9.35. The highest BCUT2D eigenvalue weighted by Crippen LogP contribution is 2.38. The molecule has 0 saturated heterocycles. The Morgan fingerprint density at radius 2 is 2.05 bits per heavy atom. The maximum absolute atomic E-state index is 5.93. The molecule has 1 fully saturated rings. The Kier molecular flexibility index (Phi) is 3.61. The van der Waals surface area contributed by atoms with E-state index >= 15 is 0 Å². The van der Waals surface area contributed by atoms with Crippen LogP contribution in [0.5, 0.6) is 0 Å². The summed E-state index contributed by atoms with van der Waals surface area (Å²) in [6, 6.07) is 9.41. The number of benzene rings is 1. The van der Waals surface area contributed by atoms with Gasteiger partial charge in [-0.25, -0.2) is 0 Å². The summed E-state index contributed by atoms with van der Waals surface area (Å²) in [6.07, 6.45) is 9.04. The zero-order chi connectivity index (χ0) is 13.2. The largest absolute Gasteiger partial charge is 0.344 e. The Labute approximate surface area is 115 Å². The summed E-state index contributed by atoms with van der Waals surface area (Å²) in [6.45, 7) is 2.96. The van der Waals surface area contributed by atoms with Gasteiger partial charge >= 0.3 is 0 Å². The van der Waals surface area contributed by atoms with Gasteiger partial charge < -0.3 is 10.3 Å². The molecule has 19 heavy (non-hydrogen) atoms. The van der Waals surface area contributed by atoms with E-state index in [4.69, 9.17) is 5.73 Å². The molecule has 1 aliphatic carbocycles. The number of fused-ring (bicyclic) bond motifs is 1. The van der Waals surface area contributed by atoms with Crippen molar-refractivity contribution in [2.45, 2.75) is 51.6 Å². The van der Waals surface area contributed by atoms with Crippen molar-refractivity contribution in [3.63, 3.8) is 0 Å². The van der Waals surface area contributed by atoms with Gasteiger partial charge in [0.25, 0.3) is 0 Å². The number of hydrogen-bond donors (Lipinski definition) is 1. The molecule has 1 aliphatic rings. The van der Waals surface area contributed by atoms with Crippen molar-refractivity contribution in [1.29, 1.82) is 0 Å². The fourth-order valence-corrected chi connectivity index (χ4v) is 3.77. The summed E-state index contributed by atoms with van der Waals surface area (Å²) in [5.74, 6) is 0.829. The molecule has 1 aromatic carbocycles. The molecule has 2 heteroatoms. The van der Waals surface area contributed by atoms with E-state index in [1.165, 1.54) is 48.6 Å². The Bertz CT molecular complexity index is 555. The van der Waals surface area contributed by atoms with Crippen LogP contribution in [-0.4, -0.2) is 4.57 Å². The van der Waals surface area contributed by atoms with Gasteiger partial charge in [0, 0.05) is 18.8 Å². The second-order valence-corrected chi connectivity index (χ2v) is 5.80. The molecular weight excluding hydrogens is 232 g/mol. The summed E-state index contributed by atoms with van der Waals surface area (Å²) in [5.41, 5.74) is 8.58. The van der Waals surface area contributed by atoms with Crippen LogP contribution in [0.15, 0.2) is 30.5 Å². The summed E-state index contributed by atoms with van der Waals surface area (Å²) in [4.78, 5) is 0. The van der Waals surface area contributed by atoms with Crippen molar-refractivity contribution < 1.29 is 0 Å². The van der Waals surface area contributed by atoms with Crippen LogP contribution in [0, 0.1) is 5.92 Å². The maximum atomic E-state index is 5.93. The van der Waals surface area contributed by atoms with Gasteiger partial charge in [-0.2, -0.15) is 0 Å². The fraction of sp³-hybridized carbons (Fsp3) is 0.529. The van der Waals surface area contributed by atoms with Crippen molar-refractivity contribution in [2.75, 3.05) is 0 Å². The number of nitrogens with two attached hydrogens (primary N) is 1. The summed E-state index contributed by atoms with van der Waals surface area (Å²) in [7, 11) is 0. The predicted molar refractivity (Wildman–Crippen MR) is 81.1 cm³/mol. The molecule has 2 N–H and O–H groups in total. The first kappa shape index (κ1) is 12.7. The second-order valence-electron chi connectivity index (χ2n) is 5.80. The third-order valence-electron chi connectivity index (χ3n) is 4.79. The summed E-state index contributed by atoms with van der Waals surface area (Å²) < 4.78 is 2.52. The van der Waals surface area contributed by atoms with Crippen molar-refractivity contribution in [2.24, 2.45) is 11.7 Å². The first-order valence-electron chi connectivity index (χ1n) is 7.63. The molecule has 0 aliphatic heterocycles. The number of hydrogen-bond acceptors (Lipinski definition) is 1. The SMILES string of the molecule is CCC1CCCCC1n1ccc2cccc(CN)c21. The van der Waals surface area contributed by atoms with Gasteiger partial charge in [0.15, 0.2) is 0 Å². The minimum Gasteiger partial charge on any atom is -0.344 e. The third-order valence-corrected chi connectivity index (χ3v) is 4.79. The maximum Gasteiger partial charge on any atom is 0.0528 e. The minimum atomic E-state index is 0.630. The molecule has 0 amide bonds. The van der Waals surface area contributed by atoms with E-state index in [2.05, 4.69) is 42.0 Å². The Hall–Kier alpha value is -1.28. The van der Waals surface area contributed by atoms with E-state index in [9.17, 15) is 0 Å². The van der Waals surface area contributed by atoms with Crippen molar-refractivity contribution >= 4 is 10.9 Å². The standard InChI is InChI=1S/C17H24N2/c1-2-13-6-3-4-9-16(13)19-11-10-14-7-5-8-15(12-18)17(14)19/h5,7-8,10-11,13,16H,2-4,6,9,12,18H2,1H3. The third kappa shape index (κ3) is 2.18. The van der Waals surface area contributed by atoms with Crippen LogP contribution >= 0.6 is 0 Å². The van der Waals surface area contributed by atoms with Gasteiger partial charge in [-0.05, 0) is 35.8 Å². The molecule has 1 saturated carbocycles. The number of nitrogens with zero attached hydrogens (tertiary/aromatic N) is 1. The molecule has 1 aromatic heterocycles. The van der Waals surface area contributed by atoms with E-state index in [0.29, 0.717) is 12.6 Å². The Balaban J connectivity index is 2.08. The zero-order valence-electron chi connectivity index (χ0n) is 11.8. The van der Waals surface area contributed by atoms with Crippen LogP contribution in [-0.2, 0) is 6.54 Å². The number of para-hydroxylation sites is 1. The van der Waals surface area contributed by atoms with Gasteiger partial charge in [-0.1, -0.05) is 44.4 Å². The highest BCUT2D eigenvalue weighted by atomic mass is 15.0. The lowest BCUT2D eigenvalue weighted by molar-refractivity contribution is 0.237. The average Bonchev–Trinajstić information content (AvgIpc) is 2.91. The molecular formula is C17H24N2. The normalized spacial score (nSPS) is 23.9. The summed E-state index contributed by atoms with van der Waals surface area (Å²) in [5, 5.41) is 1.34. The molecule has 2 unspecified atom stereocenters. The quantitative estimate of drug-likeness (QED) is 0.874. The lowest BCUT2D eigenvalue weighted by Crippen LogP contribution is -2.22. The smallest absolute Gasteiger partial charge is 0.0528 e. The lowest BCUT2D eigenvalue weighted by atomic mass is 9.82. The van der Waals surface area contributed by atoms with E-state index < -0.39 is 0 Å². The molecule has 0 radical (unpaired) electrons. The molecule has 2 nitrogen and oxygen atoms in total. The van der Waals surface area contributed by atoms with Gasteiger partial charge in [-0.15, -0.1) is 0 Å². The Morgan fingerprint density at radius 1 is 1.21 bits per heavy atom. The van der Waals surface area contributed by atoms with E-state index in [-0.39, 0.29) is 0 Å². The van der Waals surface area contributed by atoms with Crippen molar-refractivity contribution in [3.8, 4) is 0 Å². The van der Waals surface area contributed by atoms with E-state index in [0.717, 1.165) is 5.92 Å². The first-order valence-corrected chi connectivity index (χ1v) is 7.63. The highest BCUT2D eigenvalue weighted by molar-refractivity contribution is 5.83. The molecule has 3 rings (SSSR count). The van der Waals surface area contributed by atoms with Crippen LogP contribution in [0.25, 0.3) is 10.9 Å². The molecule has 2 aromatic rings. The van der Waals surface area contributed by atoms with Gasteiger partial charge in [0.2, 0.25) is 0 Å². The van der Waals surface area contributed by atoms with Gasteiger partial charge in [0.05, 0.1) is 5.52 Å². The van der Waals surface area contributed by atoms with Crippen LogP contribution in [0.4, 0.5) is 0 Å². The van der Waals surface area contributed by atoms with Crippen LogP contribution < -0.4 is 5.73 Å². The number of rotatable bonds is 3. The zero-order valence-corrected chi connectivity index (χ0v) is 11.8. The predicted octanol–water partition coefficient (Wildman–Crippen LogP) is 4.24. The molecule has 1 heterocycles. The van der Waals surface area contributed by atoms with Crippen LogP contribution in [0.2, 0.25) is 0 Å². The number of aromatic nitrogens is 1. The van der Waals surface area contributed by atoms with Gasteiger partial charge in [-0.3, -0.25) is 0 Å². The molecule has 0 bridgehead atoms. The second kappa shape index (κ2) is 5.38. The monoisotopic (exact) mass is 256 g/mol. The topological polar surface area (TPSA) is 30.9 Å². The highest BCUT2D eigenvalue weighted by Gasteiger charge is 2.26. The molecule has 2 atom stereocenters. The summed E-state index contributed by atoms with van der Waals surface area (Å²) >= 11 is 0. The lowest BCUT2D eigenvalue weighted by Gasteiger charge is -2.33. The van der Waals surface area contributed by atoms with E-state index in [1.807, 2.05) is 0 Å². The molecule has 0 spiro atoms. The molecule has 102 valence electrons. The van der Waals surface area contributed by atoms with Gasteiger partial charge in [0.1, 0.15) is 0 Å². The van der Waals surface area contributed by atoms with Crippen molar-refractivity contribution in [3.05, 3.63) is 36.0 Å². The Morgan fingerprint density at radius 3 is 2.84 bits per heavy atom. The average molecular weight is 256 g/mol. The fourth-order valence-electron chi connectivity index (χ4n) is 3.77. The van der Waals surface area contributed by atoms with Crippen LogP contribution in [0.1, 0.15) is 50.6 Å². The minimum absolute atomic E-state index is 0.630.